The number of benzene rings is 1. The molecule has 106 valence electrons. The number of ketones is 2. The summed E-state index contributed by atoms with van der Waals surface area (Å²) in [5, 5.41) is 0. The van der Waals surface area contributed by atoms with Crippen molar-refractivity contribution < 1.29 is 9.59 Å². The summed E-state index contributed by atoms with van der Waals surface area (Å²) in [7, 11) is 0. The Morgan fingerprint density at radius 1 is 1.10 bits per heavy atom. The van der Waals surface area contributed by atoms with E-state index in [2.05, 4.69) is 0 Å². The van der Waals surface area contributed by atoms with Crippen LogP contribution in [0.3, 0.4) is 0 Å². The van der Waals surface area contributed by atoms with E-state index in [1.165, 1.54) is 0 Å². The van der Waals surface area contributed by atoms with Gasteiger partial charge in [-0.05, 0) is 23.3 Å². The van der Waals surface area contributed by atoms with Crippen LogP contribution in [0.2, 0.25) is 0 Å². The molecule has 2 aliphatic carbocycles. The first kappa shape index (κ1) is 14.1. The van der Waals surface area contributed by atoms with Crippen LogP contribution >= 0.6 is 23.2 Å². The van der Waals surface area contributed by atoms with Crippen LogP contribution < -0.4 is 5.73 Å². The number of allylic oxidation sites excluding steroid dienone is 6. The number of fused-ring (bicyclic) bond motifs is 2. The fourth-order valence-corrected chi connectivity index (χ4v) is 3.18. The second kappa shape index (κ2) is 4.86. The average Bonchev–Trinajstić information content (AvgIpc) is 3.01. The fourth-order valence-electron chi connectivity index (χ4n) is 2.86. The summed E-state index contributed by atoms with van der Waals surface area (Å²) in [6, 6.07) is 6.53. The highest BCUT2D eigenvalue weighted by Crippen LogP contribution is 2.51. The number of carbonyl (C=O) groups is 2. The molecule has 0 atom stereocenters. The van der Waals surface area contributed by atoms with Gasteiger partial charge in [0.05, 0.1) is 0 Å². The molecule has 0 spiro atoms. The summed E-state index contributed by atoms with van der Waals surface area (Å²) < 4.78 is 0. The third kappa shape index (κ3) is 1.88. The molecule has 0 radical (unpaired) electrons. The van der Waals surface area contributed by atoms with Gasteiger partial charge in [-0.1, -0.05) is 59.6 Å². The number of anilines is 1. The molecule has 0 aliphatic heterocycles. The third-order valence-corrected chi connectivity index (χ3v) is 4.20. The van der Waals surface area contributed by atoms with Crippen molar-refractivity contribution in [3.8, 4) is 0 Å². The Bertz CT molecular complexity index is 722. The summed E-state index contributed by atoms with van der Waals surface area (Å²) >= 11 is 11.6. The minimum absolute atomic E-state index is 0.355. The highest BCUT2D eigenvalue weighted by molar-refractivity contribution is 6.56. The van der Waals surface area contributed by atoms with Gasteiger partial charge in [-0.15, -0.1) is 0 Å². The molecule has 2 N–H and O–H groups in total. The van der Waals surface area contributed by atoms with Crippen molar-refractivity contribution in [2.45, 2.75) is 4.84 Å². The number of rotatable bonds is 4. The zero-order valence-corrected chi connectivity index (χ0v) is 12.4. The van der Waals surface area contributed by atoms with Gasteiger partial charge in [-0.3, -0.25) is 9.59 Å². The molecule has 1 aromatic rings. The third-order valence-electron chi connectivity index (χ3n) is 3.81. The van der Waals surface area contributed by atoms with E-state index >= 15 is 0 Å². The minimum atomic E-state index is -1.43. The minimum Gasteiger partial charge on any atom is -0.399 e. The second-order valence-electron chi connectivity index (χ2n) is 4.95. The van der Waals surface area contributed by atoms with Crippen molar-refractivity contribution in [1.82, 2.24) is 0 Å². The Kier molecular flexibility index (Phi) is 3.27. The second-order valence-corrected chi connectivity index (χ2v) is 6.04. The molecule has 5 heteroatoms. The number of Topliss-reactive ketones (excluding diaryl/α,β-unsaturated/α-hetero) is 2. The maximum absolute atomic E-state index is 13.0. The van der Waals surface area contributed by atoms with E-state index in [-0.39, 0.29) is 5.78 Å². The van der Waals surface area contributed by atoms with Gasteiger partial charge in [0, 0.05) is 11.3 Å². The molecule has 21 heavy (non-hydrogen) atoms. The SMILES string of the molecule is Nc1cccc(C(=O)C2(C(=O)C(Cl)Cl)C3=CC=C2C=C3)c1. The molecule has 3 rings (SSSR count). The first-order valence-corrected chi connectivity index (χ1v) is 7.19. The van der Waals surface area contributed by atoms with E-state index < -0.39 is 16.0 Å². The van der Waals surface area contributed by atoms with Gasteiger partial charge in [0.25, 0.3) is 0 Å². The van der Waals surface area contributed by atoms with Crippen LogP contribution in [-0.4, -0.2) is 16.4 Å². The molecular formula is C16H11Cl2NO2. The lowest BCUT2D eigenvalue weighted by Gasteiger charge is -2.28. The molecule has 0 saturated heterocycles. The Balaban J connectivity index is 2.15. The smallest absolute Gasteiger partial charge is 0.188 e. The maximum Gasteiger partial charge on any atom is 0.188 e. The lowest BCUT2D eigenvalue weighted by atomic mass is 9.71. The molecule has 0 amide bonds. The fraction of sp³-hybridized carbons (Fsp3) is 0.125. The average molecular weight is 320 g/mol. The summed E-state index contributed by atoms with van der Waals surface area (Å²) in [6.07, 6.45) is 6.97. The van der Waals surface area contributed by atoms with Crippen LogP contribution in [0, 0.1) is 5.41 Å². The van der Waals surface area contributed by atoms with Crippen molar-refractivity contribution in [2.24, 2.45) is 5.41 Å². The predicted molar refractivity (Wildman–Crippen MR) is 83.4 cm³/mol. The van der Waals surface area contributed by atoms with Crippen molar-refractivity contribution in [2.75, 3.05) is 5.73 Å². The monoisotopic (exact) mass is 319 g/mol. The van der Waals surface area contributed by atoms with E-state index in [4.69, 9.17) is 28.9 Å². The van der Waals surface area contributed by atoms with Crippen molar-refractivity contribution in [3.05, 3.63) is 65.3 Å². The van der Waals surface area contributed by atoms with E-state index in [0.717, 1.165) is 0 Å². The van der Waals surface area contributed by atoms with Crippen LogP contribution in [0.1, 0.15) is 10.4 Å². The molecule has 2 bridgehead atoms. The molecule has 0 unspecified atom stereocenters. The zero-order chi connectivity index (χ0) is 15.2. The number of hydrogen-bond acceptors (Lipinski definition) is 3. The molecule has 0 fully saturated rings. The predicted octanol–water partition coefficient (Wildman–Crippen LogP) is 3.25. The summed E-state index contributed by atoms with van der Waals surface area (Å²) in [6.45, 7) is 0. The molecular weight excluding hydrogens is 309 g/mol. The normalized spacial score (nSPS) is 17.9. The van der Waals surface area contributed by atoms with Gasteiger partial charge >= 0.3 is 0 Å². The summed E-state index contributed by atoms with van der Waals surface area (Å²) in [5.74, 6) is -0.885. The van der Waals surface area contributed by atoms with Gasteiger partial charge in [0.2, 0.25) is 0 Å². The van der Waals surface area contributed by atoms with Crippen LogP contribution in [0.15, 0.2) is 59.7 Å². The van der Waals surface area contributed by atoms with Crippen molar-refractivity contribution in [3.63, 3.8) is 0 Å². The number of nitrogens with two attached hydrogens (primary N) is 1. The van der Waals surface area contributed by atoms with E-state index in [0.29, 0.717) is 22.4 Å². The number of hydrogen-bond donors (Lipinski definition) is 1. The topological polar surface area (TPSA) is 60.2 Å². The standard InChI is InChI=1S/C16H11Cl2NO2/c17-15(18)14(21)16(10-4-5-11(16)7-6-10)13(20)9-2-1-3-12(19)8-9/h1-8,15H,19H2. The maximum atomic E-state index is 13.0. The van der Waals surface area contributed by atoms with Crippen molar-refractivity contribution in [1.29, 1.82) is 0 Å². The van der Waals surface area contributed by atoms with Crippen molar-refractivity contribution >= 4 is 40.5 Å². The first-order valence-electron chi connectivity index (χ1n) is 6.31. The first-order chi connectivity index (χ1) is 9.97. The largest absolute Gasteiger partial charge is 0.399 e. The van der Waals surface area contributed by atoms with Crippen LogP contribution in [-0.2, 0) is 4.79 Å². The Hall–Kier alpha value is -1.84. The number of alkyl halides is 2. The highest BCUT2D eigenvalue weighted by atomic mass is 35.5. The van der Waals surface area contributed by atoms with Gasteiger partial charge in [-0.2, -0.15) is 0 Å². The Morgan fingerprint density at radius 2 is 1.71 bits per heavy atom. The lowest BCUT2D eigenvalue weighted by molar-refractivity contribution is -0.121. The van der Waals surface area contributed by atoms with E-state index in [1.807, 2.05) is 0 Å². The van der Waals surface area contributed by atoms with Gasteiger partial charge in [-0.25, -0.2) is 0 Å². The highest BCUT2D eigenvalue weighted by Gasteiger charge is 2.55. The van der Waals surface area contributed by atoms with Gasteiger partial charge in [0.1, 0.15) is 5.41 Å². The molecule has 3 nitrogen and oxygen atoms in total. The number of nitrogen functional groups attached to an aromatic ring is 1. The molecule has 0 saturated carbocycles. The number of carbonyl (C=O) groups excluding carboxylic acids is 2. The molecule has 1 aromatic carbocycles. The zero-order valence-electron chi connectivity index (χ0n) is 10.8. The number of halogens is 2. The summed E-state index contributed by atoms with van der Waals surface area (Å²) in [5.41, 5.74) is 6.31. The van der Waals surface area contributed by atoms with Gasteiger partial charge in [0.15, 0.2) is 16.4 Å². The summed E-state index contributed by atoms with van der Waals surface area (Å²) in [4.78, 5) is 24.3. The van der Waals surface area contributed by atoms with E-state index in [1.54, 1.807) is 48.6 Å². The molecule has 2 aliphatic rings. The van der Waals surface area contributed by atoms with Gasteiger partial charge < -0.3 is 5.73 Å². The van der Waals surface area contributed by atoms with Crippen LogP contribution in [0.5, 0.6) is 0 Å². The van der Waals surface area contributed by atoms with Crippen LogP contribution in [0.25, 0.3) is 0 Å². The Labute approximate surface area is 131 Å². The molecule has 0 aromatic heterocycles. The Morgan fingerprint density at radius 3 is 2.19 bits per heavy atom. The lowest BCUT2D eigenvalue weighted by Crippen LogP contribution is -2.42. The van der Waals surface area contributed by atoms with Crippen LogP contribution in [0.4, 0.5) is 5.69 Å². The van der Waals surface area contributed by atoms with E-state index in [9.17, 15) is 9.59 Å². The quantitative estimate of drug-likeness (QED) is 0.401. The molecule has 0 heterocycles.